The molecule has 0 aliphatic carbocycles. The number of piperazine rings is 1. The van der Waals surface area contributed by atoms with Gasteiger partial charge in [0.15, 0.2) is 0 Å². The van der Waals surface area contributed by atoms with E-state index in [0.29, 0.717) is 39.1 Å². The van der Waals surface area contributed by atoms with Gasteiger partial charge < -0.3 is 14.2 Å². The standard InChI is InChI=1S/C20H22ClF4N3O3/c1-13-16(18(26-31-13)17-14(21)4-2-5-15(17)22)19(29)28-9-7-27(8-10-28)6-3-11-30-12-20(23,24)25/h2,4-5H,3,6-12H2,1H3. The number of alkyl halides is 3. The summed E-state index contributed by atoms with van der Waals surface area (Å²) in [4.78, 5) is 16.8. The monoisotopic (exact) mass is 463 g/mol. The lowest BCUT2D eigenvalue weighted by atomic mass is 10.0. The van der Waals surface area contributed by atoms with Crippen molar-refractivity contribution in [3.05, 3.63) is 40.4 Å². The molecule has 0 saturated carbocycles. The van der Waals surface area contributed by atoms with Crippen LogP contribution in [0.15, 0.2) is 22.7 Å². The van der Waals surface area contributed by atoms with Gasteiger partial charge in [0.2, 0.25) is 0 Å². The van der Waals surface area contributed by atoms with Crippen LogP contribution in [0.3, 0.4) is 0 Å². The van der Waals surface area contributed by atoms with E-state index < -0.39 is 18.6 Å². The van der Waals surface area contributed by atoms with Crippen molar-refractivity contribution in [2.24, 2.45) is 0 Å². The summed E-state index contributed by atoms with van der Waals surface area (Å²) in [6, 6.07) is 4.20. The quantitative estimate of drug-likeness (QED) is 0.455. The second-order valence-corrected chi connectivity index (χ2v) is 7.62. The van der Waals surface area contributed by atoms with E-state index in [1.54, 1.807) is 11.8 Å². The number of hydrogen-bond donors (Lipinski definition) is 0. The van der Waals surface area contributed by atoms with Gasteiger partial charge in [0.05, 0.1) is 10.6 Å². The highest BCUT2D eigenvalue weighted by Gasteiger charge is 2.30. The van der Waals surface area contributed by atoms with Crippen molar-refractivity contribution in [3.63, 3.8) is 0 Å². The molecule has 1 aromatic heterocycles. The number of nitrogens with zero attached hydrogens (tertiary/aromatic N) is 3. The Morgan fingerprint density at radius 2 is 1.97 bits per heavy atom. The molecule has 31 heavy (non-hydrogen) atoms. The van der Waals surface area contributed by atoms with Crippen LogP contribution in [0.25, 0.3) is 11.3 Å². The van der Waals surface area contributed by atoms with Gasteiger partial charge in [-0.3, -0.25) is 9.69 Å². The first-order valence-corrected chi connectivity index (χ1v) is 10.1. The molecular weight excluding hydrogens is 442 g/mol. The largest absolute Gasteiger partial charge is 0.411 e. The number of ether oxygens (including phenoxy) is 1. The number of amides is 1. The predicted molar refractivity (Wildman–Crippen MR) is 105 cm³/mol. The zero-order chi connectivity index (χ0) is 22.6. The van der Waals surface area contributed by atoms with Gasteiger partial charge in [-0.2, -0.15) is 13.2 Å². The Hall–Kier alpha value is -2.17. The fourth-order valence-corrected chi connectivity index (χ4v) is 3.68. The second kappa shape index (κ2) is 9.97. The molecule has 2 heterocycles. The van der Waals surface area contributed by atoms with Crippen LogP contribution in [-0.4, -0.2) is 73.0 Å². The van der Waals surface area contributed by atoms with Gasteiger partial charge in [0.1, 0.15) is 29.4 Å². The van der Waals surface area contributed by atoms with E-state index >= 15 is 0 Å². The minimum Gasteiger partial charge on any atom is -0.372 e. The normalized spacial score (nSPS) is 15.5. The van der Waals surface area contributed by atoms with E-state index in [4.69, 9.17) is 16.1 Å². The number of aryl methyl sites for hydroxylation is 1. The van der Waals surface area contributed by atoms with Crippen LogP contribution in [0.2, 0.25) is 5.02 Å². The molecular formula is C20H22ClF4N3O3. The molecule has 0 radical (unpaired) electrons. The lowest BCUT2D eigenvalue weighted by Crippen LogP contribution is -2.49. The Morgan fingerprint density at radius 1 is 1.26 bits per heavy atom. The molecule has 11 heteroatoms. The van der Waals surface area contributed by atoms with Crippen LogP contribution in [-0.2, 0) is 4.74 Å². The fraction of sp³-hybridized carbons (Fsp3) is 0.500. The molecule has 0 spiro atoms. The number of benzene rings is 1. The van der Waals surface area contributed by atoms with Crippen molar-refractivity contribution in [2.45, 2.75) is 19.5 Å². The number of carbonyl (C=O) groups excluding carboxylic acids is 1. The third-order valence-electron chi connectivity index (χ3n) is 4.96. The van der Waals surface area contributed by atoms with Gasteiger partial charge in [0.25, 0.3) is 5.91 Å². The summed E-state index contributed by atoms with van der Waals surface area (Å²) in [5.74, 6) is -0.669. The number of aromatic nitrogens is 1. The molecule has 2 aromatic rings. The molecule has 1 aliphatic heterocycles. The topological polar surface area (TPSA) is 58.8 Å². The van der Waals surface area contributed by atoms with E-state index in [9.17, 15) is 22.4 Å². The molecule has 170 valence electrons. The lowest BCUT2D eigenvalue weighted by Gasteiger charge is -2.34. The Morgan fingerprint density at radius 3 is 2.61 bits per heavy atom. The lowest BCUT2D eigenvalue weighted by molar-refractivity contribution is -0.174. The average Bonchev–Trinajstić information content (AvgIpc) is 3.08. The predicted octanol–water partition coefficient (Wildman–Crippen LogP) is 4.17. The fourth-order valence-electron chi connectivity index (χ4n) is 3.43. The summed E-state index contributed by atoms with van der Waals surface area (Å²) in [7, 11) is 0. The summed E-state index contributed by atoms with van der Waals surface area (Å²) in [6.45, 7) is 2.87. The zero-order valence-electron chi connectivity index (χ0n) is 16.8. The van der Waals surface area contributed by atoms with E-state index in [1.165, 1.54) is 18.2 Å². The highest BCUT2D eigenvalue weighted by molar-refractivity contribution is 6.33. The highest BCUT2D eigenvalue weighted by Crippen LogP contribution is 2.34. The third-order valence-corrected chi connectivity index (χ3v) is 5.28. The van der Waals surface area contributed by atoms with E-state index in [2.05, 4.69) is 14.8 Å². The first kappa shape index (κ1) is 23.5. The molecule has 1 aliphatic rings. The molecule has 1 amide bonds. The summed E-state index contributed by atoms with van der Waals surface area (Å²) in [6.07, 6.45) is -3.86. The van der Waals surface area contributed by atoms with Crippen molar-refractivity contribution in [1.82, 2.24) is 15.0 Å². The summed E-state index contributed by atoms with van der Waals surface area (Å²) in [5.41, 5.74) is 0.248. The Balaban J connectivity index is 1.58. The third kappa shape index (κ3) is 5.96. The molecule has 6 nitrogen and oxygen atoms in total. The molecule has 0 N–H and O–H groups in total. The SMILES string of the molecule is Cc1onc(-c2c(F)cccc2Cl)c1C(=O)N1CCN(CCCOCC(F)(F)F)CC1. The van der Waals surface area contributed by atoms with Crippen LogP contribution in [0, 0.1) is 12.7 Å². The van der Waals surface area contributed by atoms with Crippen molar-refractivity contribution < 1.29 is 31.6 Å². The van der Waals surface area contributed by atoms with E-state index in [1.807, 2.05) is 0 Å². The zero-order valence-corrected chi connectivity index (χ0v) is 17.6. The van der Waals surface area contributed by atoms with Crippen molar-refractivity contribution >= 4 is 17.5 Å². The van der Waals surface area contributed by atoms with Gasteiger partial charge in [-0.25, -0.2) is 4.39 Å². The average molecular weight is 464 g/mol. The maximum absolute atomic E-state index is 14.4. The van der Waals surface area contributed by atoms with Crippen molar-refractivity contribution in [1.29, 1.82) is 0 Å². The number of carbonyl (C=O) groups is 1. The molecule has 0 atom stereocenters. The Kier molecular flexibility index (Phi) is 7.55. The van der Waals surface area contributed by atoms with Gasteiger partial charge in [-0.15, -0.1) is 0 Å². The van der Waals surface area contributed by atoms with Gasteiger partial charge in [-0.1, -0.05) is 22.8 Å². The molecule has 3 rings (SSSR count). The summed E-state index contributed by atoms with van der Waals surface area (Å²) in [5, 5.41) is 3.99. The maximum Gasteiger partial charge on any atom is 0.411 e. The Bertz CT molecular complexity index is 891. The van der Waals surface area contributed by atoms with Crippen LogP contribution < -0.4 is 0 Å². The summed E-state index contributed by atoms with van der Waals surface area (Å²) >= 11 is 6.12. The Labute approximate surface area is 181 Å². The van der Waals surface area contributed by atoms with Crippen LogP contribution in [0.5, 0.6) is 0 Å². The minimum atomic E-state index is -4.32. The smallest absolute Gasteiger partial charge is 0.372 e. The van der Waals surface area contributed by atoms with E-state index in [-0.39, 0.29) is 40.1 Å². The van der Waals surface area contributed by atoms with Crippen molar-refractivity contribution in [3.8, 4) is 11.3 Å². The number of halogens is 5. The van der Waals surface area contributed by atoms with Crippen molar-refractivity contribution in [2.75, 3.05) is 45.9 Å². The molecule has 1 saturated heterocycles. The van der Waals surface area contributed by atoms with Crippen LogP contribution >= 0.6 is 11.6 Å². The van der Waals surface area contributed by atoms with Gasteiger partial charge >= 0.3 is 6.18 Å². The first-order chi connectivity index (χ1) is 14.7. The first-order valence-electron chi connectivity index (χ1n) is 9.74. The summed E-state index contributed by atoms with van der Waals surface area (Å²) < 4.78 is 60.3. The molecule has 1 aromatic carbocycles. The second-order valence-electron chi connectivity index (χ2n) is 7.21. The van der Waals surface area contributed by atoms with E-state index in [0.717, 1.165) is 0 Å². The number of hydrogen-bond acceptors (Lipinski definition) is 5. The molecule has 0 bridgehead atoms. The number of rotatable bonds is 7. The van der Waals surface area contributed by atoms with Crippen LogP contribution in [0.1, 0.15) is 22.5 Å². The van der Waals surface area contributed by atoms with Crippen LogP contribution in [0.4, 0.5) is 17.6 Å². The molecule has 1 fully saturated rings. The minimum absolute atomic E-state index is 0.0156. The maximum atomic E-state index is 14.4. The molecule has 0 unspecified atom stereocenters. The highest BCUT2D eigenvalue weighted by atomic mass is 35.5. The van der Waals surface area contributed by atoms with Gasteiger partial charge in [0, 0.05) is 39.3 Å². The van der Waals surface area contributed by atoms with Gasteiger partial charge in [-0.05, 0) is 25.5 Å².